The molecule has 1 nitrogen and oxygen atoms in total. The molecule has 1 heteroatoms. The van der Waals surface area contributed by atoms with Gasteiger partial charge in [-0.1, -0.05) is 66.7 Å². The van der Waals surface area contributed by atoms with Gasteiger partial charge in [0.05, 0.1) is 6.61 Å². The summed E-state index contributed by atoms with van der Waals surface area (Å²) in [7, 11) is 0. The fourth-order valence-corrected chi connectivity index (χ4v) is 0.929. The number of hydrogen-bond acceptors (Lipinski definition) is 1. The van der Waals surface area contributed by atoms with Crippen molar-refractivity contribution in [1.29, 1.82) is 0 Å². The van der Waals surface area contributed by atoms with Crippen LogP contribution in [-0.4, -0.2) is 6.61 Å². The first-order valence-corrected chi connectivity index (χ1v) is 7.20. The lowest BCUT2D eigenvalue weighted by atomic mass is 10.1. The third kappa shape index (κ3) is 17.4. The van der Waals surface area contributed by atoms with Crippen molar-refractivity contribution >= 4 is 0 Å². The van der Waals surface area contributed by atoms with Crippen LogP contribution in [0.15, 0.2) is 30.3 Å². The second-order valence-electron chi connectivity index (χ2n) is 5.08. The minimum atomic E-state index is 0.716. The van der Waals surface area contributed by atoms with Gasteiger partial charge in [0.1, 0.15) is 5.75 Å². The van der Waals surface area contributed by atoms with Crippen molar-refractivity contribution in [2.75, 3.05) is 6.61 Å². The van der Waals surface area contributed by atoms with Gasteiger partial charge in [-0.3, -0.25) is 0 Å². The molecule has 0 aliphatic carbocycles. The van der Waals surface area contributed by atoms with Crippen LogP contribution >= 0.6 is 0 Å². The molecular formula is C17H32O. The minimum absolute atomic E-state index is 0.716. The second-order valence-corrected chi connectivity index (χ2v) is 5.08. The Hall–Kier alpha value is -0.980. The first kappa shape index (κ1) is 19.4. The van der Waals surface area contributed by atoms with Gasteiger partial charge in [-0.15, -0.1) is 0 Å². The summed E-state index contributed by atoms with van der Waals surface area (Å²) in [6.07, 6.45) is 1.12. The van der Waals surface area contributed by atoms with Gasteiger partial charge in [0, 0.05) is 0 Å². The Kier molecular flexibility index (Phi) is 15.1. The smallest absolute Gasteiger partial charge is 0.119 e. The van der Waals surface area contributed by atoms with E-state index in [9.17, 15) is 0 Å². The van der Waals surface area contributed by atoms with E-state index in [1.165, 1.54) is 0 Å². The fraction of sp³-hybridized carbons (Fsp3) is 0.647. The van der Waals surface area contributed by atoms with Crippen LogP contribution in [0.25, 0.3) is 0 Å². The predicted molar refractivity (Wildman–Crippen MR) is 83.3 cm³/mol. The van der Waals surface area contributed by atoms with Crippen LogP contribution in [0.1, 0.15) is 54.9 Å². The monoisotopic (exact) mass is 252 g/mol. The summed E-state index contributed by atoms with van der Waals surface area (Å²) < 4.78 is 5.52. The zero-order chi connectivity index (χ0) is 14.4. The number of hydrogen-bond donors (Lipinski definition) is 0. The summed E-state index contributed by atoms with van der Waals surface area (Å²) in [6, 6.07) is 9.95. The molecule has 0 unspecified atom stereocenters. The van der Waals surface area contributed by atoms with Gasteiger partial charge in [0.25, 0.3) is 0 Å². The molecule has 0 aliphatic rings. The second kappa shape index (κ2) is 14.1. The number of para-hydroxylation sites is 1. The molecule has 0 fully saturated rings. The molecule has 0 aromatic heterocycles. The van der Waals surface area contributed by atoms with Crippen LogP contribution in [0.4, 0.5) is 0 Å². The van der Waals surface area contributed by atoms with Gasteiger partial charge in [-0.25, -0.2) is 0 Å². The van der Waals surface area contributed by atoms with Crippen LogP contribution in [0.2, 0.25) is 0 Å². The van der Waals surface area contributed by atoms with E-state index in [-0.39, 0.29) is 0 Å². The quantitative estimate of drug-likeness (QED) is 0.658. The summed E-state index contributed by atoms with van der Waals surface area (Å²) in [5.41, 5.74) is 0. The molecule has 1 rings (SSSR count). The number of ether oxygens (including phenoxy) is 1. The van der Waals surface area contributed by atoms with E-state index in [1.54, 1.807) is 0 Å². The Bertz CT molecular complexity index is 236. The lowest BCUT2D eigenvalue weighted by molar-refractivity contribution is 0.289. The molecule has 0 spiro atoms. The molecule has 0 radical (unpaired) electrons. The number of rotatable bonds is 4. The number of benzene rings is 1. The van der Waals surface area contributed by atoms with Gasteiger partial charge in [0.15, 0.2) is 0 Å². The van der Waals surface area contributed by atoms with Gasteiger partial charge < -0.3 is 4.74 Å². The van der Waals surface area contributed by atoms with Crippen LogP contribution in [-0.2, 0) is 0 Å². The average molecular weight is 252 g/mol. The van der Waals surface area contributed by atoms with E-state index >= 15 is 0 Å². The molecule has 18 heavy (non-hydrogen) atoms. The maximum Gasteiger partial charge on any atom is 0.119 e. The summed E-state index contributed by atoms with van der Waals surface area (Å²) in [5.74, 6) is 2.52. The Morgan fingerprint density at radius 1 is 0.889 bits per heavy atom. The SMILES string of the molecule is CC.CC(C)C.CC(C)CCOc1ccccc1. The van der Waals surface area contributed by atoms with Gasteiger partial charge in [-0.05, 0) is 30.4 Å². The Labute approximate surface area is 115 Å². The highest BCUT2D eigenvalue weighted by atomic mass is 16.5. The standard InChI is InChI=1S/C11H16O.C4H10.C2H6/c1-10(2)8-9-12-11-6-4-3-5-7-11;1-4(2)3;1-2/h3-7,10H,8-9H2,1-2H3;4H,1-3H3;1-2H3. The summed E-state index contributed by atoms with van der Waals surface area (Å²) in [4.78, 5) is 0. The van der Waals surface area contributed by atoms with Crippen molar-refractivity contribution in [3.05, 3.63) is 30.3 Å². The van der Waals surface area contributed by atoms with E-state index < -0.39 is 0 Å². The van der Waals surface area contributed by atoms with E-state index in [0.717, 1.165) is 24.7 Å². The van der Waals surface area contributed by atoms with Gasteiger partial charge in [-0.2, -0.15) is 0 Å². The van der Waals surface area contributed by atoms with Gasteiger partial charge >= 0.3 is 0 Å². The molecule has 0 atom stereocenters. The van der Waals surface area contributed by atoms with E-state index in [2.05, 4.69) is 34.6 Å². The molecule has 1 aromatic rings. The lowest BCUT2D eigenvalue weighted by Crippen LogP contribution is -2.00. The molecule has 106 valence electrons. The van der Waals surface area contributed by atoms with Crippen LogP contribution in [0, 0.1) is 11.8 Å². The maximum absolute atomic E-state index is 5.52. The highest BCUT2D eigenvalue weighted by Gasteiger charge is 1.94. The molecule has 0 saturated carbocycles. The third-order valence-corrected chi connectivity index (χ3v) is 1.71. The largest absolute Gasteiger partial charge is 0.494 e. The van der Waals surface area contributed by atoms with Gasteiger partial charge in [0.2, 0.25) is 0 Å². The average Bonchev–Trinajstić information content (AvgIpc) is 2.32. The van der Waals surface area contributed by atoms with Crippen LogP contribution < -0.4 is 4.74 Å². The lowest BCUT2D eigenvalue weighted by Gasteiger charge is -2.07. The molecule has 0 aliphatic heterocycles. The van der Waals surface area contributed by atoms with Crippen molar-refractivity contribution < 1.29 is 4.74 Å². The topological polar surface area (TPSA) is 9.23 Å². The minimum Gasteiger partial charge on any atom is -0.494 e. The molecule has 0 saturated heterocycles. The predicted octanol–water partition coefficient (Wildman–Crippen LogP) is 5.80. The van der Waals surface area contributed by atoms with Crippen molar-refractivity contribution in [3.63, 3.8) is 0 Å². The Morgan fingerprint density at radius 2 is 1.33 bits per heavy atom. The summed E-state index contributed by atoms with van der Waals surface area (Å²) in [6.45, 7) is 15.7. The summed E-state index contributed by atoms with van der Waals surface area (Å²) >= 11 is 0. The van der Waals surface area contributed by atoms with Crippen molar-refractivity contribution in [3.8, 4) is 5.75 Å². The normalized spacial score (nSPS) is 9.17. The Morgan fingerprint density at radius 3 is 1.72 bits per heavy atom. The van der Waals surface area contributed by atoms with Crippen molar-refractivity contribution in [1.82, 2.24) is 0 Å². The zero-order valence-corrected chi connectivity index (χ0v) is 13.4. The first-order valence-electron chi connectivity index (χ1n) is 7.20. The molecule has 1 aromatic carbocycles. The van der Waals surface area contributed by atoms with E-state index in [0.29, 0.717) is 5.92 Å². The zero-order valence-electron chi connectivity index (χ0n) is 13.4. The highest BCUT2D eigenvalue weighted by Crippen LogP contribution is 2.09. The summed E-state index contributed by atoms with van der Waals surface area (Å²) in [5, 5.41) is 0. The van der Waals surface area contributed by atoms with E-state index in [1.807, 2.05) is 44.2 Å². The molecule has 0 bridgehead atoms. The van der Waals surface area contributed by atoms with E-state index in [4.69, 9.17) is 4.74 Å². The third-order valence-electron chi connectivity index (χ3n) is 1.71. The Balaban J connectivity index is 0. The molecule has 0 N–H and O–H groups in total. The first-order chi connectivity index (χ1) is 8.52. The van der Waals surface area contributed by atoms with Crippen molar-refractivity contribution in [2.24, 2.45) is 11.8 Å². The highest BCUT2D eigenvalue weighted by molar-refractivity contribution is 5.20. The van der Waals surface area contributed by atoms with Crippen LogP contribution in [0.5, 0.6) is 5.75 Å². The molecule has 0 amide bonds. The van der Waals surface area contributed by atoms with Crippen molar-refractivity contribution in [2.45, 2.75) is 54.9 Å². The maximum atomic E-state index is 5.52. The molecular weight excluding hydrogens is 220 g/mol. The fourth-order valence-electron chi connectivity index (χ4n) is 0.929. The molecule has 0 heterocycles. The van der Waals surface area contributed by atoms with Crippen LogP contribution in [0.3, 0.4) is 0 Å².